The van der Waals surface area contributed by atoms with Crippen molar-refractivity contribution < 1.29 is 4.74 Å². The zero-order valence-corrected chi connectivity index (χ0v) is 8.56. The van der Waals surface area contributed by atoms with E-state index >= 15 is 0 Å². The maximum Gasteiger partial charge on any atom is 0.0507 e. The molecule has 2 unspecified atom stereocenters. The fourth-order valence-corrected chi connectivity index (χ4v) is 1.40. The van der Waals surface area contributed by atoms with E-state index in [0.29, 0.717) is 6.04 Å². The number of hydrogen-bond donors (Lipinski definition) is 1. The van der Waals surface area contributed by atoms with E-state index in [1.54, 1.807) is 0 Å². The molecule has 1 aliphatic heterocycles. The summed E-state index contributed by atoms with van der Waals surface area (Å²) in [5, 5.41) is 4.48. The molecule has 11 heavy (non-hydrogen) atoms. The lowest BCUT2D eigenvalue weighted by atomic mass is 10.1. The van der Waals surface area contributed by atoms with Crippen LogP contribution in [0, 0.1) is 5.92 Å². The molecule has 0 aliphatic carbocycles. The second-order valence-corrected chi connectivity index (χ2v) is 3.84. The van der Waals surface area contributed by atoms with Crippen molar-refractivity contribution in [2.75, 3.05) is 25.1 Å². The van der Waals surface area contributed by atoms with Gasteiger partial charge < -0.3 is 10.1 Å². The van der Waals surface area contributed by atoms with Gasteiger partial charge in [0.1, 0.15) is 0 Å². The molecule has 66 valence electrons. The van der Waals surface area contributed by atoms with Gasteiger partial charge in [-0.05, 0) is 19.3 Å². The highest BCUT2D eigenvalue weighted by atomic mass is 79.9. The monoisotopic (exact) mass is 221 g/mol. The standard InChI is InChI=1S/C8H16BrNO/c1-7(4-9)10-5-8-2-3-11-6-8/h7-8,10H,2-6H2,1H3. The lowest BCUT2D eigenvalue weighted by molar-refractivity contribution is 0.185. The van der Waals surface area contributed by atoms with Crippen molar-refractivity contribution in [2.24, 2.45) is 5.92 Å². The third kappa shape index (κ3) is 3.54. The van der Waals surface area contributed by atoms with Crippen molar-refractivity contribution in [1.29, 1.82) is 0 Å². The number of rotatable bonds is 4. The Balaban J connectivity index is 2.01. The molecule has 0 bridgehead atoms. The summed E-state index contributed by atoms with van der Waals surface area (Å²) in [7, 11) is 0. The summed E-state index contributed by atoms with van der Waals surface area (Å²) in [6, 6.07) is 0.579. The smallest absolute Gasteiger partial charge is 0.0507 e. The molecule has 0 saturated carbocycles. The van der Waals surface area contributed by atoms with Crippen LogP contribution in [0.25, 0.3) is 0 Å². The van der Waals surface area contributed by atoms with E-state index in [1.807, 2.05) is 0 Å². The van der Waals surface area contributed by atoms with E-state index in [9.17, 15) is 0 Å². The molecule has 1 aliphatic rings. The summed E-state index contributed by atoms with van der Waals surface area (Å²) < 4.78 is 5.27. The normalized spacial score (nSPS) is 27.3. The molecule has 0 aromatic heterocycles. The molecular weight excluding hydrogens is 206 g/mol. The van der Waals surface area contributed by atoms with Crippen LogP contribution < -0.4 is 5.32 Å². The Morgan fingerprint density at radius 2 is 2.55 bits per heavy atom. The largest absolute Gasteiger partial charge is 0.381 e. The molecule has 1 rings (SSSR count). The van der Waals surface area contributed by atoms with E-state index < -0.39 is 0 Å². The Labute approximate surface area is 76.8 Å². The van der Waals surface area contributed by atoms with E-state index in [1.165, 1.54) is 6.42 Å². The second-order valence-electron chi connectivity index (χ2n) is 3.19. The Morgan fingerprint density at radius 1 is 1.73 bits per heavy atom. The summed E-state index contributed by atoms with van der Waals surface area (Å²) in [5.74, 6) is 0.747. The van der Waals surface area contributed by atoms with Gasteiger partial charge in [-0.25, -0.2) is 0 Å². The van der Waals surface area contributed by atoms with E-state index in [0.717, 1.165) is 31.0 Å². The number of nitrogens with one attached hydrogen (secondary N) is 1. The van der Waals surface area contributed by atoms with Gasteiger partial charge in [0.25, 0.3) is 0 Å². The summed E-state index contributed by atoms with van der Waals surface area (Å²) in [6.07, 6.45) is 1.22. The second kappa shape index (κ2) is 5.12. The van der Waals surface area contributed by atoms with Crippen LogP contribution in [0.4, 0.5) is 0 Å². The van der Waals surface area contributed by atoms with E-state index in [4.69, 9.17) is 4.74 Å². The minimum Gasteiger partial charge on any atom is -0.381 e. The van der Waals surface area contributed by atoms with Gasteiger partial charge in [-0.1, -0.05) is 15.9 Å². The number of alkyl halides is 1. The maximum absolute atomic E-state index is 5.27. The van der Waals surface area contributed by atoms with Crippen LogP contribution in [0.1, 0.15) is 13.3 Å². The summed E-state index contributed by atoms with van der Waals surface area (Å²) in [6.45, 7) is 5.19. The minimum absolute atomic E-state index is 0.579. The van der Waals surface area contributed by atoms with Gasteiger partial charge in [-0.3, -0.25) is 0 Å². The van der Waals surface area contributed by atoms with Crippen LogP contribution in [0.15, 0.2) is 0 Å². The Hall–Kier alpha value is 0.400. The van der Waals surface area contributed by atoms with Crippen LogP contribution in [-0.2, 0) is 4.74 Å². The van der Waals surface area contributed by atoms with Crippen LogP contribution in [0.5, 0.6) is 0 Å². The predicted octanol–water partition coefficient (Wildman–Crippen LogP) is 1.40. The number of ether oxygens (including phenoxy) is 1. The van der Waals surface area contributed by atoms with Crippen molar-refractivity contribution >= 4 is 15.9 Å². The maximum atomic E-state index is 5.27. The van der Waals surface area contributed by atoms with Gasteiger partial charge >= 0.3 is 0 Å². The molecule has 0 radical (unpaired) electrons. The average Bonchev–Trinajstić information content (AvgIpc) is 2.52. The molecule has 0 spiro atoms. The third-order valence-corrected chi connectivity index (χ3v) is 2.98. The molecule has 1 fully saturated rings. The third-order valence-electron chi connectivity index (χ3n) is 2.01. The predicted molar refractivity (Wildman–Crippen MR) is 50.2 cm³/mol. The molecule has 1 N–H and O–H groups in total. The highest BCUT2D eigenvalue weighted by molar-refractivity contribution is 9.09. The zero-order chi connectivity index (χ0) is 8.10. The fourth-order valence-electron chi connectivity index (χ4n) is 1.17. The molecular formula is C8H16BrNO. The highest BCUT2D eigenvalue weighted by Crippen LogP contribution is 2.10. The van der Waals surface area contributed by atoms with Gasteiger partial charge in [-0.2, -0.15) is 0 Å². The highest BCUT2D eigenvalue weighted by Gasteiger charge is 2.15. The SMILES string of the molecule is CC(CBr)NCC1CCOC1. The number of hydrogen-bond acceptors (Lipinski definition) is 2. The Kier molecular flexibility index (Phi) is 4.41. The molecule has 1 saturated heterocycles. The van der Waals surface area contributed by atoms with Crippen LogP contribution in [0.3, 0.4) is 0 Å². The Morgan fingerprint density at radius 3 is 3.09 bits per heavy atom. The average molecular weight is 222 g/mol. The van der Waals surface area contributed by atoms with Crippen LogP contribution in [0.2, 0.25) is 0 Å². The summed E-state index contributed by atoms with van der Waals surface area (Å²) in [4.78, 5) is 0. The summed E-state index contributed by atoms with van der Waals surface area (Å²) >= 11 is 3.43. The molecule has 0 aromatic rings. The van der Waals surface area contributed by atoms with Crippen molar-refractivity contribution in [3.05, 3.63) is 0 Å². The molecule has 2 nitrogen and oxygen atoms in total. The van der Waals surface area contributed by atoms with Crippen LogP contribution >= 0.6 is 15.9 Å². The zero-order valence-electron chi connectivity index (χ0n) is 6.98. The van der Waals surface area contributed by atoms with Crippen molar-refractivity contribution in [3.63, 3.8) is 0 Å². The fraction of sp³-hybridized carbons (Fsp3) is 1.00. The first kappa shape index (κ1) is 9.49. The van der Waals surface area contributed by atoms with E-state index in [-0.39, 0.29) is 0 Å². The minimum atomic E-state index is 0.579. The first-order chi connectivity index (χ1) is 5.33. The molecule has 0 aromatic carbocycles. The first-order valence-corrected chi connectivity index (χ1v) is 5.32. The first-order valence-electron chi connectivity index (χ1n) is 4.20. The Bertz CT molecular complexity index is 104. The van der Waals surface area contributed by atoms with Gasteiger partial charge in [0.05, 0.1) is 6.61 Å². The number of halogens is 1. The van der Waals surface area contributed by atoms with Crippen molar-refractivity contribution in [2.45, 2.75) is 19.4 Å². The van der Waals surface area contributed by atoms with Crippen molar-refractivity contribution in [1.82, 2.24) is 5.32 Å². The van der Waals surface area contributed by atoms with Gasteiger partial charge in [0.15, 0.2) is 0 Å². The molecule has 2 atom stereocenters. The van der Waals surface area contributed by atoms with E-state index in [2.05, 4.69) is 28.2 Å². The molecule has 1 heterocycles. The molecule has 0 amide bonds. The van der Waals surface area contributed by atoms with Crippen LogP contribution in [-0.4, -0.2) is 31.1 Å². The van der Waals surface area contributed by atoms with Gasteiger partial charge in [0, 0.05) is 24.5 Å². The lowest BCUT2D eigenvalue weighted by Crippen LogP contribution is -2.32. The quantitative estimate of drug-likeness (QED) is 0.726. The van der Waals surface area contributed by atoms with Gasteiger partial charge in [0.2, 0.25) is 0 Å². The molecule has 3 heteroatoms. The van der Waals surface area contributed by atoms with Gasteiger partial charge in [-0.15, -0.1) is 0 Å². The summed E-state index contributed by atoms with van der Waals surface area (Å²) in [5.41, 5.74) is 0. The lowest BCUT2D eigenvalue weighted by Gasteiger charge is -2.13. The van der Waals surface area contributed by atoms with Crippen molar-refractivity contribution in [3.8, 4) is 0 Å². The topological polar surface area (TPSA) is 21.3 Å².